The summed E-state index contributed by atoms with van der Waals surface area (Å²) in [6.45, 7) is 0. The summed E-state index contributed by atoms with van der Waals surface area (Å²) in [6, 6.07) is 24.6. The van der Waals surface area contributed by atoms with Gasteiger partial charge in [0, 0.05) is 10.4 Å². The molecule has 0 amide bonds. The van der Waals surface area contributed by atoms with E-state index in [-0.39, 0.29) is 0 Å². The quantitative estimate of drug-likeness (QED) is 0.480. The highest BCUT2D eigenvalue weighted by Gasteiger charge is 2.11. The van der Waals surface area contributed by atoms with Crippen LogP contribution in [-0.2, 0) is 0 Å². The zero-order chi connectivity index (χ0) is 16.6. The summed E-state index contributed by atoms with van der Waals surface area (Å²) in [5, 5.41) is 9.31. The van der Waals surface area contributed by atoms with Crippen LogP contribution in [0.3, 0.4) is 0 Å². The van der Waals surface area contributed by atoms with Gasteiger partial charge in [0.25, 0.3) is 0 Å². The van der Waals surface area contributed by atoms with E-state index in [1.54, 1.807) is 11.3 Å². The maximum Gasteiger partial charge on any atom is 0.154 e. The van der Waals surface area contributed by atoms with Crippen molar-refractivity contribution in [2.24, 2.45) is 0 Å². The largest absolute Gasteiger partial charge is 0.339 e. The first-order valence-corrected chi connectivity index (χ1v) is 8.84. The van der Waals surface area contributed by atoms with E-state index in [9.17, 15) is 0 Å². The molecule has 25 heavy (non-hydrogen) atoms. The van der Waals surface area contributed by atoms with Gasteiger partial charge in [0.05, 0.1) is 11.1 Å². The first-order chi connectivity index (χ1) is 12.4. The fraction of sp³-hybridized carbons (Fsp3) is 0. The number of imidazole rings is 1. The smallest absolute Gasteiger partial charge is 0.154 e. The molecule has 120 valence electrons. The van der Waals surface area contributed by atoms with E-state index in [0.717, 1.165) is 27.7 Å². The molecule has 5 heteroatoms. The second-order valence-electron chi connectivity index (χ2n) is 5.77. The number of benzene rings is 2. The van der Waals surface area contributed by atoms with Crippen LogP contribution in [0.5, 0.6) is 0 Å². The van der Waals surface area contributed by atoms with Crippen LogP contribution in [0.25, 0.3) is 26.3 Å². The molecule has 2 aromatic carbocycles. The Labute approximate surface area is 148 Å². The normalized spacial score (nSPS) is 11.2. The van der Waals surface area contributed by atoms with Crippen LogP contribution in [0.15, 0.2) is 79.0 Å². The van der Waals surface area contributed by atoms with Gasteiger partial charge >= 0.3 is 0 Å². The molecule has 5 rings (SSSR count). The first-order valence-electron chi connectivity index (χ1n) is 8.03. The third kappa shape index (κ3) is 2.55. The van der Waals surface area contributed by atoms with Gasteiger partial charge in [-0.05, 0) is 41.8 Å². The SMILES string of the molecule is c1ccc(Nc2ccc3ncc(-c4cc5ccccc5s4)n3n2)cc1. The van der Waals surface area contributed by atoms with Crippen molar-refractivity contribution in [2.45, 2.75) is 0 Å². The lowest BCUT2D eigenvalue weighted by molar-refractivity contribution is 0.951. The first kappa shape index (κ1) is 14.2. The number of anilines is 2. The van der Waals surface area contributed by atoms with Crippen LogP contribution in [0, 0.1) is 0 Å². The molecule has 1 N–H and O–H groups in total. The lowest BCUT2D eigenvalue weighted by Crippen LogP contribution is -1.99. The van der Waals surface area contributed by atoms with Crippen LogP contribution < -0.4 is 5.32 Å². The highest BCUT2D eigenvalue weighted by molar-refractivity contribution is 7.22. The Balaban J connectivity index is 1.60. The van der Waals surface area contributed by atoms with Crippen molar-refractivity contribution in [1.82, 2.24) is 14.6 Å². The average Bonchev–Trinajstić information content (AvgIpc) is 3.25. The molecule has 0 fully saturated rings. The average molecular weight is 342 g/mol. The summed E-state index contributed by atoms with van der Waals surface area (Å²) in [5.41, 5.74) is 2.86. The van der Waals surface area contributed by atoms with Gasteiger partial charge in [-0.2, -0.15) is 0 Å². The van der Waals surface area contributed by atoms with E-state index in [0.29, 0.717) is 0 Å². The molecule has 0 saturated carbocycles. The summed E-state index contributed by atoms with van der Waals surface area (Å²) in [5.74, 6) is 0.791. The van der Waals surface area contributed by atoms with Gasteiger partial charge in [-0.15, -0.1) is 16.4 Å². The molecule has 4 nitrogen and oxygen atoms in total. The van der Waals surface area contributed by atoms with Crippen LogP contribution in [0.2, 0.25) is 0 Å². The van der Waals surface area contributed by atoms with Gasteiger partial charge in [0.2, 0.25) is 0 Å². The summed E-state index contributed by atoms with van der Waals surface area (Å²) in [7, 11) is 0. The number of para-hydroxylation sites is 1. The summed E-state index contributed by atoms with van der Waals surface area (Å²) in [4.78, 5) is 5.66. The van der Waals surface area contributed by atoms with Gasteiger partial charge in [0.1, 0.15) is 5.69 Å². The monoisotopic (exact) mass is 342 g/mol. The molecule has 0 saturated heterocycles. The molecule has 0 unspecified atom stereocenters. The van der Waals surface area contributed by atoms with E-state index >= 15 is 0 Å². The van der Waals surface area contributed by atoms with Gasteiger partial charge < -0.3 is 5.32 Å². The Morgan fingerprint density at radius 2 is 1.72 bits per heavy atom. The van der Waals surface area contributed by atoms with E-state index in [1.165, 1.54) is 10.1 Å². The number of hydrogen-bond acceptors (Lipinski definition) is 4. The molecule has 5 aromatic rings. The van der Waals surface area contributed by atoms with Gasteiger partial charge in [0.15, 0.2) is 11.5 Å². The highest BCUT2D eigenvalue weighted by Crippen LogP contribution is 2.33. The number of fused-ring (bicyclic) bond motifs is 2. The van der Waals surface area contributed by atoms with Crippen molar-refractivity contribution >= 4 is 38.6 Å². The number of thiophene rings is 1. The van der Waals surface area contributed by atoms with Crippen molar-refractivity contribution in [2.75, 3.05) is 5.32 Å². The van der Waals surface area contributed by atoms with Crippen molar-refractivity contribution in [3.8, 4) is 10.6 Å². The minimum Gasteiger partial charge on any atom is -0.339 e. The highest BCUT2D eigenvalue weighted by atomic mass is 32.1. The maximum atomic E-state index is 4.73. The summed E-state index contributed by atoms with van der Waals surface area (Å²) >= 11 is 1.76. The number of hydrogen-bond donors (Lipinski definition) is 1. The minimum atomic E-state index is 0.791. The predicted octanol–water partition coefficient (Wildman–Crippen LogP) is 5.35. The van der Waals surface area contributed by atoms with Crippen LogP contribution in [0.1, 0.15) is 0 Å². The molecule has 0 aliphatic heterocycles. The number of rotatable bonds is 3. The molecule has 0 spiro atoms. The topological polar surface area (TPSA) is 42.2 Å². The Hall–Kier alpha value is -3.18. The standard InChI is InChI=1S/C20H14N4S/c1-2-7-15(8-3-1)22-19-10-11-20-21-13-16(24(20)23-19)18-12-14-6-4-5-9-17(14)25-18/h1-13H,(H,22,23). The number of nitrogens with zero attached hydrogens (tertiary/aromatic N) is 3. The van der Waals surface area contributed by atoms with Crippen LogP contribution in [-0.4, -0.2) is 14.6 Å². The number of nitrogens with one attached hydrogen (secondary N) is 1. The maximum absolute atomic E-state index is 4.73. The van der Waals surface area contributed by atoms with Gasteiger partial charge in [-0.1, -0.05) is 36.4 Å². The Morgan fingerprint density at radius 3 is 2.60 bits per heavy atom. The van der Waals surface area contributed by atoms with Crippen molar-refractivity contribution < 1.29 is 0 Å². The minimum absolute atomic E-state index is 0.791. The molecule has 3 heterocycles. The summed E-state index contributed by atoms with van der Waals surface area (Å²) in [6.07, 6.45) is 1.89. The van der Waals surface area contributed by atoms with Crippen LogP contribution >= 0.6 is 11.3 Å². The molecular formula is C20H14N4S. The third-order valence-corrected chi connectivity index (χ3v) is 5.23. The zero-order valence-electron chi connectivity index (χ0n) is 13.3. The molecule has 3 aromatic heterocycles. The number of aromatic nitrogens is 3. The van der Waals surface area contributed by atoms with E-state index in [4.69, 9.17) is 5.10 Å². The molecule has 0 bridgehead atoms. The summed E-state index contributed by atoms with van der Waals surface area (Å²) < 4.78 is 3.17. The van der Waals surface area contributed by atoms with E-state index in [1.807, 2.05) is 53.2 Å². The van der Waals surface area contributed by atoms with Crippen molar-refractivity contribution in [3.05, 3.63) is 79.0 Å². The zero-order valence-corrected chi connectivity index (χ0v) is 14.1. The Kier molecular flexibility index (Phi) is 3.24. The van der Waals surface area contributed by atoms with E-state index < -0.39 is 0 Å². The second-order valence-corrected chi connectivity index (χ2v) is 6.86. The molecule has 0 radical (unpaired) electrons. The Bertz CT molecular complexity index is 1140. The molecule has 0 aliphatic rings. The lowest BCUT2D eigenvalue weighted by Gasteiger charge is -2.06. The lowest BCUT2D eigenvalue weighted by atomic mass is 10.2. The molecule has 0 atom stereocenters. The predicted molar refractivity (Wildman–Crippen MR) is 104 cm³/mol. The third-order valence-electron chi connectivity index (χ3n) is 4.09. The van der Waals surface area contributed by atoms with Gasteiger partial charge in [-0.3, -0.25) is 0 Å². The fourth-order valence-electron chi connectivity index (χ4n) is 2.89. The van der Waals surface area contributed by atoms with E-state index in [2.05, 4.69) is 40.6 Å². The second kappa shape index (κ2) is 5.72. The van der Waals surface area contributed by atoms with Crippen molar-refractivity contribution in [1.29, 1.82) is 0 Å². The molecular weight excluding hydrogens is 328 g/mol. The van der Waals surface area contributed by atoms with Crippen LogP contribution in [0.4, 0.5) is 11.5 Å². The van der Waals surface area contributed by atoms with Crippen molar-refractivity contribution in [3.63, 3.8) is 0 Å². The molecule has 0 aliphatic carbocycles. The van der Waals surface area contributed by atoms with Gasteiger partial charge in [-0.25, -0.2) is 9.50 Å². The Morgan fingerprint density at radius 1 is 0.880 bits per heavy atom. The fourth-order valence-corrected chi connectivity index (χ4v) is 3.94.